The van der Waals surface area contributed by atoms with Crippen LogP contribution in [0.1, 0.15) is 24.3 Å². The van der Waals surface area contributed by atoms with Gasteiger partial charge in [-0.15, -0.1) is 11.3 Å². The highest BCUT2D eigenvalue weighted by molar-refractivity contribution is 7.10. The van der Waals surface area contributed by atoms with Crippen molar-refractivity contribution >= 4 is 28.8 Å². The van der Waals surface area contributed by atoms with E-state index in [-0.39, 0.29) is 17.8 Å². The first-order chi connectivity index (χ1) is 8.09. The van der Waals surface area contributed by atoms with E-state index < -0.39 is 5.97 Å². The zero-order valence-electron chi connectivity index (χ0n) is 9.65. The van der Waals surface area contributed by atoms with Gasteiger partial charge in [0.2, 0.25) is 0 Å². The third-order valence-electron chi connectivity index (χ3n) is 3.61. The second-order valence-electron chi connectivity index (χ2n) is 4.66. The predicted octanol–water partition coefficient (Wildman–Crippen LogP) is 2.41. The van der Waals surface area contributed by atoms with Crippen LogP contribution >= 0.6 is 11.3 Å². The molecule has 2 atom stereocenters. The topological polar surface area (TPSA) is 43.4 Å². The minimum absolute atomic E-state index is 0.124. The smallest absolute Gasteiger partial charge is 0.342 e. The molecule has 0 aromatic carbocycles. The maximum atomic E-state index is 11.8. The van der Waals surface area contributed by atoms with Gasteiger partial charge in [-0.1, -0.05) is 6.92 Å². The summed E-state index contributed by atoms with van der Waals surface area (Å²) >= 11 is 1.69. The number of cyclic esters (lactones) is 2. The lowest BCUT2D eigenvalue weighted by atomic mass is 9.86. The first-order valence-electron chi connectivity index (χ1n) is 5.63. The number of carbonyl (C=O) groups is 2. The summed E-state index contributed by atoms with van der Waals surface area (Å²) in [5.74, 6) is -1.09. The van der Waals surface area contributed by atoms with E-state index in [1.165, 1.54) is 4.88 Å². The second-order valence-corrected chi connectivity index (χ2v) is 5.66. The molecule has 1 fully saturated rings. The zero-order chi connectivity index (χ0) is 12.2. The monoisotopic (exact) mass is 248 g/mol. The van der Waals surface area contributed by atoms with E-state index in [4.69, 9.17) is 4.74 Å². The van der Waals surface area contributed by atoms with E-state index in [1.54, 1.807) is 11.3 Å². The molecule has 1 saturated heterocycles. The lowest BCUT2D eigenvalue weighted by Crippen LogP contribution is -2.19. The number of hydrogen-bond donors (Lipinski definition) is 0. The van der Waals surface area contributed by atoms with E-state index in [1.807, 2.05) is 25.3 Å². The molecule has 0 bridgehead atoms. The Bertz CT molecular complexity index is 553. The van der Waals surface area contributed by atoms with Gasteiger partial charge in [0.25, 0.3) is 0 Å². The van der Waals surface area contributed by atoms with Gasteiger partial charge in [0.1, 0.15) is 0 Å². The van der Waals surface area contributed by atoms with E-state index in [9.17, 15) is 9.59 Å². The van der Waals surface area contributed by atoms with Crippen LogP contribution in [-0.4, -0.2) is 11.9 Å². The van der Waals surface area contributed by atoms with Gasteiger partial charge in [-0.25, -0.2) is 4.79 Å². The average Bonchev–Trinajstić information content (AvgIpc) is 2.79. The van der Waals surface area contributed by atoms with Crippen LogP contribution in [0.5, 0.6) is 0 Å². The van der Waals surface area contributed by atoms with Gasteiger partial charge in [0.05, 0.1) is 11.5 Å². The van der Waals surface area contributed by atoms with Crippen molar-refractivity contribution in [1.29, 1.82) is 0 Å². The number of fused-ring (bicyclic) bond motifs is 2. The largest absolute Gasteiger partial charge is 0.389 e. The Morgan fingerprint density at radius 2 is 2.18 bits per heavy atom. The molecule has 1 aliphatic heterocycles. The fraction of sp³-hybridized carbons (Fsp3) is 0.385. The third-order valence-corrected chi connectivity index (χ3v) is 4.55. The molecule has 0 spiro atoms. The highest BCUT2D eigenvalue weighted by Crippen LogP contribution is 2.42. The van der Waals surface area contributed by atoms with Gasteiger partial charge in [0, 0.05) is 4.88 Å². The predicted molar refractivity (Wildman–Crippen MR) is 64.4 cm³/mol. The van der Waals surface area contributed by atoms with Crippen molar-refractivity contribution in [2.45, 2.75) is 20.3 Å². The molecule has 88 valence electrons. The summed E-state index contributed by atoms with van der Waals surface area (Å²) in [5, 5.41) is 2.03. The van der Waals surface area contributed by atoms with Crippen molar-refractivity contribution < 1.29 is 14.3 Å². The lowest BCUT2D eigenvalue weighted by molar-refractivity contribution is -0.153. The van der Waals surface area contributed by atoms with Crippen molar-refractivity contribution in [3.8, 4) is 0 Å². The van der Waals surface area contributed by atoms with Crippen molar-refractivity contribution in [2.24, 2.45) is 11.8 Å². The van der Waals surface area contributed by atoms with Crippen LogP contribution in [0, 0.1) is 11.8 Å². The molecule has 3 rings (SSSR count). The molecule has 0 amide bonds. The van der Waals surface area contributed by atoms with Crippen LogP contribution in [0.4, 0.5) is 0 Å². The first kappa shape index (κ1) is 10.7. The molecule has 2 aliphatic rings. The van der Waals surface area contributed by atoms with E-state index >= 15 is 0 Å². The molecule has 1 aromatic heterocycles. The fourth-order valence-electron chi connectivity index (χ4n) is 2.75. The number of allylic oxidation sites excluding steroid dienone is 1. The number of hydrogen-bond acceptors (Lipinski definition) is 4. The standard InChI is InChI=1S/C13H12O3S/c1-6-5-9-8(3-4-17-9)7(2)11-10(6)12(14)16-13(11)15/h3-4,6,10H,5H2,1-2H3/t6-,10+/m1/s1. The quantitative estimate of drug-likeness (QED) is 0.523. The van der Waals surface area contributed by atoms with Gasteiger partial charge >= 0.3 is 11.9 Å². The van der Waals surface area contributed by atoms with E-state index in [0.29, 0.717) is 5.57 Å². The van der Waals surface area contributed by atoms with E-state index in [2.05, 4.69) is 0 Å². The molecule has 1 aromatic rings. The highest BCUT2D eigenvalue weighted by atomic mass is 32.1. The van der Waals surface area contributed by atoms with Crippen LogP contribution in [0.3, 0.4) is 0 Å². The summed E-state index contributed by atoms with van der Waals surface area (Å²) in [7, 11) is 0. The minimum Gasteiger partial charge on any atom is -0.389 e. The zero-order valence-corrected chi connectivity index (χ0v) is 10.5. The highest BCUT2D eigenvalue weighted by Gasteiger charge is 2.45. The minimum atomic E-state index is -0.455. The van der Waals surface area contributed by atoms with Crippen LogP contribution < -0.4 is 0 Å². The SMILES string of the molecule is CC1=C2C(=O)OC(=O)[C@H]2[C@H](C)Cc2sccc21. The Morgan fingerprint density at radius 3 is 2.94 bits per heavy atom. The normalized spacial score (nSPS) is 27.6. The lowest BCUT2D eigenvalue weighted by Gasteiger charge is -2.13. The van der Waals surface area contributed by atoms with Crippen molar-refractivity contribution in [3.63, 3.8) is 0 Å². The number of ether oxygens (including phenoxy) is 1. The van der Waals surface area contributed by atoms with Crippen molar-refractivity contribution in [2.75, 3.05) is 0 Å². The van der Waals surface area contributed by atoms with Crippen molar-refractivity contribution in [1.82, 2.24) is 0 Å². The van der Waals surface area contributed by atoms with Gasteiger partial charge in [-0.05, 0) is 41.8 Å². The van der Waals surface area contributed by atoms with Crippen LogP contribution in [0.15, 0.2) is 17.0 Å². The first-order valence-corrected chi connectivity index (χ1v) is 6.51. The molecule has 3 nitrogen and oxygen atoms in total. The number of esters is 2. The van der Waals surface area contributed by atoms with E-state index in [0.717, 1.165) is 17.6 Å². The molecular weight excluding hydrogens is 236 g/mol. The Kier molecular flexibility index (Phi) is 2.23. The average molecular weight is 248 g/mol. The Hall–Kier alpha value is -1.42. The maximum Gasteiger partial charge on any atom is 0.342 e. The Labute approximate surface area is 103 Å². The summed E-state index contributed by atoms with van der Waals surface area (Å²) in [4.78, 5) is 24.8. The van der Waals surface area contributed by atoms with Crippen LogP contribution in [0.2, 0.25) is 0 Å². The summed E-state index contributed by atoms with van der Waals surface area (Å²) in [6.07, 6.45) is 0.834. The molecule has 0 radical (unpaired) electrons. The fourth-order valence-corrected chi connectivity index (χ4v) is 3.82. The molecule has 17 heavy (non-hydrogen) atoms. The van der Waals surface area contributed by atoms with Crippen LogP contribution in [-0.2, 0) is 20.7 Å². The summed E-state index contributed by atoms with van der Waals surface area (Å²) in [6, 6.07) is 2.02. The molecule has 0 unspecified atom stereocenters. The molecule has 4 heteroatoms. The number of thiophene rings is 1. The van der Waals surface area contributed by atoms with Crippen molar-refractivity contribution in [3.05, 3.63) is 27.5 Å². The Balaban J connectivity index is 2.25. The molecule has 0 saturated carbocycles. The summed E-state index contributed by atoms with van der Waals surface area (Å²) in [6.45, 7) is 3.92. The summed E-state index contributed by atoms with van der Waals surface area (Å²) < 4.78 is 4.76. The number of rotatable bonds is 0. The molecular formula is C13H12O3S. The maximum absolute atomic E-state index is 11.8. The summed E-state index contributed by atoms with van der Waals surface area (Å²) in [5.41, 5.74) is 2.58. The molecule has 0 N–H and O–H groups in total. The number of carbonyl (C=O) groups excluding carboxylic acids is 2. The van der Waals surface area contributed by atoms with Crippen LogP contribution in [0.25, 0.3) is 5.57 Å². The second kappa shape index (κ2) is 3.53. The Morgan fingerprint density at radius 1 is 1.41 bits per heavy atom. The van der Waals surface area contributed by atoms with Gasteiger partial charge in [-0.3, -0.25) is 4.79 Å². The molecule has 2 heterocycles. The third kappa shape index (κ3) is 1.40. The molecule has 1 aliphatic carbocycles. The van der Waals surface area contributed by atoms with Gasteiger partial charge in [-0.2, -0.15) is 0 Å². The van der Waals surface area contributed by atoms with Gasteiger partial charge in [0.15, 0.2) is 0 Å². The van der Waals surface area contributed by atoms with Gasteiger partial charge < -0.3 is 4.74 Å².